The third-order valence-electron chi connectivity index (χ3n) is 7.39. The molecule has 3 heterocycles. The minimum Gasteiger partial charge on any atom is -0.371 e. The van der Waals surface area contributed by atoms with Gasteiger partial charge in [0, 0.05) is 60.0 Å². The monoisotopic (exact) mass is 461 g/mol. The van der Waals surface area contributed by atoms with Gasteiger partial charge in [-0.05, 0) is 81.2 Å². The Morgan fingerprint density at radius 3 is 2.09 bits per heavy atom. The SMILES string of the molecule is O=NC(=O)c1cccc(N2CCN(c3ccc(N4CCC(N5CCCCC5)CC4)cc3)C2=O)c1. The van der Waals surface area contributed by atoms with E-state index in [-0.39, 0.29) is 11.6 Å². The Kier molecular flexibility index (Phi) is 6.58. The Hall–Kier alpha value is -3.26. The highest BCUT2D eigenvalue weighted by molar-refractivity contribution is 6.07. The molecule has 0 unspecified atom stereocenters. The van der Waals surface area contributed by atoms with E-state index in [2.05, 4.69) is 27.1 Å². The number of hydrogen-bond acceptors (Lipinski definition) is 5. The number of nitrogens with zero attached hydrogens (tertiary/aromatic N) is 5. The minimum atomic E-state index is -0.832. The van der Waals surface area contributed by atoms with Crippen LogP contribution in [-0.4, -0.2) is 62.1 Å². The van der Waals surface area contributed by atoms with Crippen molar-refractivity contribution in [1.29, 1.82) is 0 Å². The van der Waals surface area contributed by atoms with Gasteiger partial charge in [-0.25, -0.2) is 4.79 Å². The van der Waals surface area contributed by atoms with Crippen LogP contribution in [0.1, 0.15) is 42.5 Å². The molecule has 0 radical (unpaired) electrons. The third kappa shape index (κ3) is 4.55. The number of amides is 3. The fraction of sp³-hybridized carbons (Fsp3) is 0.462. The largest absolute Gasteiger partial charge is 0.371 e. The number of likely N-dealkylation sites (tertiary alicyclic amines) is 1. The molecule has 8 heteroatoms. The van der Waals surface area contributed by atoms with Crippen molar-refractivity contribution in [3.8, 4) is 0 Å². The van der Waals surface area contributed by atoms with Crippen LogP contribution in [0.15, 0.2) is 53.7 Å². The molecule has 0 saturated carbocycles. The Balaban J connectivity index is 1.21. The first-order valence-electron chi connectivity index (χ1n) is 12.3. The summed E-state index contributed by atoms with van der Waals surface area (Å²) in [5, 5.41) is 2.47. The van der Waals surface area contributed by atoms with Crippen molar-refractivity contribution < 1.29 is 9.59 Å². The minimum absolute atomic E-state index is 0.140. The van der Waals surface area contributed by atoms with Crippen molar-refractivity contribution in [1.82, 2.24) is 4.90 Å². The van der Waals surface area contributed by atoms with Gasteiger partial charge in [0.05, 0.1) is 0 Å². The van der Waals surface area contributed by atoms with Gasteiger partial charge in [0.25, 0.3) is 0 Å². The fourth-order valence-electron chi connectivity index (χ4n) is 5.49. The average Bonchev–Trinajstić information content (AvgIpc) is 3.30. The van der Waals surface area contributed by atoms with Crippen molar-refractivity contribution in [3.63, 3.8) is 0 Å². The van der Waals surface area contributed by atoms with Crippen LogP contribution in [0.2, 0.25) is 0 Å². The van der Waals surface area contributed by atoms with E-state index in [4.69, 9.17) is 0 Å². The van der Waals surface area contributed by atoms with Crippen molar-refractivity contribution in [3.05, 3.63) is 59.0 Å². The Bertz CT molecular complexity index is 1040. The molecule has 0 atom stereocenters. The normalized spacial score (nSPS) is 20.1. The summed E-state index contributed by atoms with van der Waals surface area (Å²) >= 11 is 0. The molecule has 178 valence electrons. The number of anilines is 3. The van der Waals surface area contributed by atoms with Crippen LogP contribution in [0.3, 0.4) is 0 Å². The molecule has 3 amide bonds. The maximum absolute atomic E-state index is 13.1. The predicted molar refractivity (Wildman–Crippen MR) is 134 cm³/mol. The number of urea groups is 1. The zero-order chi connectivity index (χ0) is 23.5. The number of carbonyl (C=O) groups excluding carboxylic acids is 2. The Labute approximate surface area is 200 Å². The molecule has 3 saturated heterocycles. The van der Waals surface area contributed by atoms with Crippen LogP contribution >= 0.6 is 0 Å². The molecule has 2 aromatic rings. The van der Waals surface area contributed by atoms with Crippen LogP contribution in [0.25, 0.3) is 0 Å². The molecule has 0 aliphatic carbocycles. The number of carbonyl (C=O) groups is 2. The van der Waals surface area contributed by atoms with E-state index in [1.165, 1.54) is 56.9 Å². The van der Waals surface area contributed by atoms with Crippen LogP contribution in [-0.2, 0) is 0 Å². The summed E-state index contributed by atoms with van der Waals surface area (Å²) in [7, 11) is 0. The maximum atomic E-state index is 13.1. The Morgan fingerprint density at radius 2 is 1.41 bits per heavy atom. The average molecular weight is 462 g/mol. The van der Waals surface area contributed by atoms with Gasteiger partial charge in [-0.3, -0.25) is 14.6 Å². The second-order valence-corrected chi connectivity index (χ2v) is 9.36. The molecule has 8 nitrogen and oxygen atoms in total. The summed E-state index contributed by atoms with van der Waals surface area (Å²) in [5.74, 6) is -0.832. The van der Waals surface area contributed by atoms with Gasteiger partial charge < -0.3 is 9.80 Å². The standard InChI is InChI=1S/C26H31N5O3/c32-25(27-34)20-5-4-6-24(19-20)31-18-17-30(26(31)33)23-9-7-21(8-10-23)29-15-11-22(12-16-29)28-13-2-1-3-14-28/h4-10,19,22H,1-3,11-18H2. The van der Waals surface area contributed by atoms with Gasteiger partial charge in [-0.2, -0.15) is 0 Å². The number of rotatable bonds is 5. The first-order chi connectivity index (χ1) is 16.6. The van der Waals surface area contributed by atoms with E-state index >= 15 is 0 Å². The Morgan fingerprint density at radius 1 is 0.765 bits per heavy atom. The molecule has 0 N–H and O–H groups in total. The summed E-state index contributed by atoms with van der Waals surface area (Å²) < 4.78 is 0. The smallest absolute Gasteiger partial charge is 0.329 e. The van der Waals surface area contributed by atoms with E-state index in [1.54, 1.807) is 28.0 Å². The summed E-state index contributed by atoms with van der Waals surface area (Å²) in [6.45, 7) is 5.73. The lowest BCUT2D eigenvalue weighted by Gasteiger charge is -2.41. The lowest BCUT2D eigenvalue weighted by atomic mass is 9.99. The van der Waals surface area contributed by atoms with Crippen molar-refractivity contribution in [2.24, 2.45) is 5.18 Å². The highest BCUT2D eigenvalue weighted by Crippen LogP contribution is 2.29. The molecule has 3 fully saturated rings. The van der Waals surface area contributed by atoms with Crippen LogP contribution in [0, 0.1) is 4.91 Å². The molecular formula is C26H31N5O3. The zero-order valence-corrected chi connectivity index (χ0v) is 19.4. The van der Waals surface area contributed by atoms with Gasteiger partial charge >= 0.3 is 11.9 Å². The van der Waals surface area contributed by atoms with Crippen LogP contribution < -0.4 is 14.7 Å². The number of benzene rings is 2. The molecule has 0 bridgehead atoms. The first-order valence-corrected chi connectivity index (χ1v) is 12.3. The first kappa shape index (κ1) is 22.5. The van der Waals surface area contributed by atoms with Gasteiger partial charge in [-0.1, -0.05) is 12.5 Å². The summed E-state index contributed by atoms with van der Waals surface area (Å²) in [5.41, 5.74) is 2.85. The van der Waals surface area contributed by atoms with E-state index in [0.717, 1.165) is 24.8 Å². The molecule has 2 aromatic carbocycles. The molecular weight excluding hydrogens is 430 g/mol. The molecule has 0 spiro atoms. The van der Waals surface area contributed by atoms with Gasteiger partial charge in [-0.15, -0.1) is 4.91 Å². The highest BCUT2D eigenvalue weighted by Gasteiger charge is 2.31. The van der Waals surface area contributed by atoms with Crippen LogP contribution in [0.5, 0.6) is 0 Å². The molecule has 3 aliphatic heterocycles. The van der Waals surface area contributed by atoms with E-state index in [9.17, 15) is 14.5 Å². The number of nitroso groups, excluding NO2 is 1. The summed E-state index contributed by atoms with van der Waals surface area (Å²) in [6.07, 6.45) is 6.48. The van der Waals surface area contributed by atoms with Crippen molar-refractivity contribution >= 4 is 29.0 Å². The van der Waals surface area contributed by atoms with Gasteiger partial charge in [0.2, 0.25) is 0 Å². The maximum Gasteiger partial charge on any atom is 0.329 e. The van der Waals surface area contributed by atoms with Gasteiger partial charge in [0.15, 0.2) is 0 Å². The summed E-state index contributed by atoms with van der Waals surface area (Å²) in [4.78, 5) is 43.8. The van der Waals surface area contributed by atoms with Crippen molar-refractivity contribution in [2.75, 3.05) is 54.0 Å². The quantitative estimate of drug-likeness (QED) is 0.613. The molecule has 34 heavy (non-hydrogen) atoms. The van der Waals surface area contributed by atoms with Gasteiger partial charge in [0.1, 0.15) is 0 Å². The van der Waals surface area contributed by atoms with E-state index in [0.29, 0.717) is 18.8 Å². The van der Waals surface area contributed by atoms with E-state index < -0.39 is 5.91 Å². The third-order valence-corrected chi connectivity index (χ3v) is 7.39. The lowest BCUT2D eigenvalue weighted by Crippen LogP contribution is -2.46. The summed E-state index contributed by atoms with van der Waals surface area (Å²) in [6, 6.07) is 15.3. The van der Waals surface area contributed by atoms with Crippen molar-refractivity contribution in [2.45, 2.75) is 38.1 Å². The number of hydrogen-bond donors (Lipinski definition) is 0. The predicted octanol–water partition coefficient (Wildman–Crippen LogP) is 4.49. The molecule has 0 aromatic heterocycles. The molecule has 5 rings (SSSR count). The van der Waals surface area contributed by atoms with Crippen LogP contribution in [0.4, 0.5) is 21.9 Å². The zero-order valence-electron chi connectivity index (χ0n) is 19.4. The number of piperidine rings is 2. The fourth-order valence-corrected chi connectivity index (χ4v) is 5.49. The van der Waals surface area contributed by atoms with E-state index in [1.807, 2.05) is 12.1 Å². The second kappa shape index (κ2) is 9.93. The topological polar surface area (TPSA) is 76.5 Å². The highest BCUT2D eigenvalue weighted by atomic mass is 16.3. The second-order valence-electron chi connectivity index (χ2n) is 9.36. The molecule has 3 aliphatic rings. The lowest BCUT2D eigenvalue weighted by molar-refractivity contribution is 0.100.